The van der Waals surface area contributed by atoms with Crippen molar-refractivity contribution >= 4 is 15.5 Å². The lowest BCUT2D eigenvalue weighted by atomic mass is 10.1. The number of nitrogen functional groups attached to an aromatic ring is 1. The van der Waals surface area contributed by atoms with Crippen molar-refractivity contribution in [2.24, 2.45) is 0 Å². The van der Waals surface area contributed by atoms with Gasteiger partial charge < -0.3 is 5.73 Å². The minimum Gasteiger partial charge on any atom is -0.398 e. The van der Waals surface area contributed by atoms with Gasteiger partial charge in [-0.05, 0) is 17.7 Å². The summed E-state index contributed by atoms with van der Waals surface area (Å²) in [6.07, 6.45) is -3.52. The van der Waals surface area contributed by atoms with Crippen LogP contribution in [-0.4, -0.2) is 14.7 Å². The smallest absolute Gasteiger partial charge is 0.398 e. The number of alkyl halides is 3. The fourth-order valence-electron chi connectivity index (χ4n) is 1.26. The van der Waals surface area contributed by atoms with Gasteiger partial charge in [0.25, 0.3) is 0 Å². The molecule has 0 aromatic heterocycles. The van der Waals surface area contributed by atoms with Gasteiger partial charge in [-0.1, -0.05) is 6.07 Å². The first-order valence-corrected chi connectivity index (χ1v) is 6.29. The highest BCUT2D eigenvalue weighted by molar-refractivity contribution is 7.89. The van der Waals surface area contributed by atoms with Gasteiger partial charge in [0, 0.05) is 11.9 Å². The first-order chi connectivity index (χ1) is 7.09. The Morgan fingerprint density at radius 3 is 2.25 bits per heavy atom. The Bertz CT molecular complexity index is 494. The Hall–Kier alpha value is -1.24. The quantitative estimate of drug-likeness (QED) is 0.818. The topological polar surface area (TPSA) is 60.2 Å². The zero-order valence-electron chi connectivity index (χ0n) is 8.38. The zero-order valence-corrected chi connectivity index (χ0v) is 9.19. The number of sulfone groups is 1. The van der Waals surface area contributed by atoms with Crippen molar-refractivity contribution in [3.8, 4) is 0 Å². The number of anilines is 1. The van der Waals surface area contributed by atoms with Gasteiger partial charge in [-0.3, -0.25) is 0 Å². The van der Waals surface area contributed by atoms with E-state index in [-0.39, 0.29) is 11.3 Å². The van der Waals surface area contributed by atoms with E-state index in [0.29, 0.717) is 0 Å². The van der Waals surface area contributed by atoms with E-state index in [0.717, 1.165) is 24.5 Å². The molecule has 90 valence electrons. The number of hydrogen-bond acceptors (Lipinski definition) is 3. The molecule has 2 N–H and O–H groups in total. The van der Waals surface area contributed by atoms with Crippen molar-refractivity contribution in [1.82, 2.24) is 0 Å². The van der Waals surface area contributed by atoms with E-state index < -0.39 is 27.3 Å². The van der Waals surface area contributed by atoms with Crippen LogP contribution in [0.25, 0.3) is 0 Å². The Labute approximate surface area is 91.0 Å². The number of benzene rings is 1. The maximum atomic E-state index is 12.3. The minimum atomic E-state index is -4.52. The van der Waals surface area contributed by atoms with Crippen molar-refractivity contribution in [2.75, 3.05) is 12.0 Å². The minimum absolute atomic E-state index is 0.244. The first kappa shape index (κ1) is 12.8. The average Bonchev–Trinajstić information content (AvgIpc) is 1.97. The lowest BCUT2D eigenvalue weighted by molar-refractivity contribution is -0.136. The first-order valence-electron chi connectivity index (χ1n) is 4.23. The Morgan fingerprint density at radius 2 is 1.88 bits per heavy atom. The largest absolute Gasteiger partial charge is 0.418 e. The molecular weight excluding hydrogens is 243 g/mol. The molecule has 0 bridgehead atoms. The SMILES string of the molecule is CS(=O)(=O)Cc1ccc(C(F)(F)F)c(N)c1. The number of rotatable bonds is 2. The molecule has 3 nitrogen and oxygen atoms in total. The van der Waals surface area contributed by atoms with Gasteiger partial charge in [0.05, 0.1) is 11.3 Å². The molecule has 0 aliphatic rings. The van der Waals surface area contributed by atoms with Gasteiger partial charge in [0.15, 0.2) is 9.84 Å². The number of nitrogens with two attached hydrogens (primary N) is 1. The van der Waals surface area contributed by atoms with E-state index in [4.69, 9.17) is 5.73 Å². The molecule has 0 spiro atoms. The van der Waals surface area contributed by atoms with Gasteiger partial charge in [0.2, 0.25) is 0 Å². The Kier molecular flexibility index (Phi) is 3.18. The molecule has 0 aliphatic heterocycles. The van der Waals surface area contributed by atoms with E-state index >= 15 is 0 Å². The van der Waals surface area contributed by atoms with E-state index in [1.165, 1.54) is 0 Å². The molecule has 1 aromatic carbocycles. The molecule has 0 atom stereocenters. The van der Waals surface area contributed by atoms with E-state index in [1.54, 1.807) is 0 Å². The van der Waals surface area contributed by atoms with Crippen LogP contribution < -0.4 is 5.73 Å². The van der Waals surface area contributed by atoms with Crippen LogP contribution in [0.15, 0.2) is 18.2 Å². The van der Waals surface area contributed by atoms with Crippen LogP contribution in [0.3, 0.4) is 0 Å². The van der Waals surface area contributed by atoms with Crippen LogP contribution in [0.2, 0.25) is 0 Å². The normalized spacial score (nSPS) is 12.8. The molecule has 1 rings (SSSR count). The maximum Gasteiger partial charge on any atom is 0.418 e. The van der Waals surface area contributed by atoms with Crippen molar-refractivity contribution in [3.05, 3.63) is 29.3 Å². The second-order valence-electron chi connectivity index (χ2n) is 3.49. The molecule has 0 saturated heterocycles. The highest BCUT2D eigenvalue weighted by Gasteiger charge is 2.32. The third kappa shape index (κ3) is 3.41. The second kappa shape index (κ2) is 3.97. The van der Waals surface area contributed by atoms with Gasteiger partial charge in [-0.15, -0.1) is 0 Å². The molecule has 0 unspecified atom stereocenters. The molecular formula is C9H10F3NO2S. The van der Waals surface area contributed by atoms with Crippen LogP contribution in [-0.2, 0) is 21.8 Å². The molecule has 0 heterocycles. The van der Waals surface area contributed by atoms with Gasteiger partial charge in [0.1, 0.15) is 0 Å². The Morgan fingerprint density at radius 1 is 1.31 bits per heavy atom. The monoisotopic (exact) mass is 253 g/mol. The summed E-state index contributed by atoms with van der Waals surface area (Å²) < 4.78 is 58.8. The summed E-state index contributed by atoms with van der Waals surface area (Å²) in [5, 5.41) is 0. The zero-order chi connectivity index (χ0) is 12.6. The van der Waals surface area contributed by atoms with Crippen LogP contribution >= 0.6 is 0 Å². The molecule has 1 aromatic rings. The van der Waals surface area contributed by atoms with E-state index in [2.05, 4.69) is 0 Å². The molecule has 0 aliphatic carbocycles. The van der Waals surface area contributed by atoms with Crippen LogP contribution in [0, 0.1) is 0 Å². The maximum absolute atomic E-state index is 12.3. The van der Waals surface area contributed by atoms with Gasteiger partial charge >= 0.3 is 6.18 Å². The third-order valence-corrected chi connectivity index (χ3v) is 2.71. The molecule has 0 amide bonds. The highest BCUT2D eigenvalue weighted by atomic mass is 32.2. The molecule has 0 fully saturated rings. The van der Waals surface area contributed by atoms with Gasteiger partial charge in [-0.25, -0.2) is 8.42 Å². The fourth-order valence-corrected chi connectivity index (χ4v) is 2.05. The molecule has 0 radical (unpaired) electrons. The van der Waals surface area contributed by atoms with E-state index in [1.807, 2.05) is 0 Å². The summed E-state index contributed by atoms with van der Waals surface area (Å²) in [4.78, 5) is 0. The van der Waals surface area contributed by atoms with Gasteiger partial charge in [-0.2, -0.15) is 13.2 Å². The number of halogens is 3. The summed E-state index contributed by atoms with van der Waals surface area (Å²) in [5.41, 5.74) is 4.04. The van der Waals surface area contributed by atoms with Crippen LogP contribution in [0.1, 0.15) is 11.1 Å². The lowest BCUT2D eigenvalue weighted by Gasteiger charge is -2.10. The predicted octanol–water partition coefficient (Wildman–Crippen LogP) is 1.83. The van der Waals surface area contributed by atoms with Crippen molar-refractivity contribution in [3.63, 3.8) is 0 Å². The molecule has 7 heteroatoms. The summed E-state index contributed by atoms with van der Waals surface area (Å²) in [6.45, 7) is 0. The van der Waals surface area contributed by atoms with E-state index in [9.17, 15) is 21.6 Å². The average molecular weight is 253 g/mol. The van der Waals surface area contributed by atoms with Crippen LogP contribution in [0.5, 0.6) is 0 Å². The second-order valence-corrected chi connectivity index (χ2v) is 5.63. The summed E-state index contributed by atoms with van der Waals surface area (Å²) in [5.74, 6) is -0.324. The number of hydrogen-bond donors (Lipinski definition) is 1. The molecule has 16 heavy (non-hydrogen) atoms. The van der Waals surface area contributed by atoms with Crippen molar-refractivity contribution in [1.29, 1.82) is 0 Å². The highest BCUT2D eigenvalue weighted by Crippen LogP contribution is 2.33. The third-order valence-electron chi connectivity index (χ3n) is 1.85. The lowest BCUT2D eigenvalue weighted by Crippen LogP contribution is -2.10. The van der Waals surface area contributed by atoms with Crippen molar-refractivity contribution < 1.29 is 21.6 Å². The summed E-state index contributed by atoms with van der Waals surface area (Å²) >= 11 is 0. The standard InChI is InChI=1S/C9H10F3NO2S/c1-16(14,15)5-6-2-3-7(8(13)4-6)9(10,11)12/h2-4H,5,13H2,1H3. The Balaban J connectivity index is 3.10. The summed E-state index contributed by atoms with van der Waals surface area (Å²) in [6, 6.07) is 2.93. The van der Waals surface area contributed by atoms with Crippen molar-refractivity contribution in [2.45, 2.75) is 11.9 Å². The summed E-state index contributed by atoms with van der Waals surface area (Å²) in [7, 11) is -3.28. The fraction of sp³-hybridized carbons (Fsp3) is 0.333. The molecule has 0 saturated carbocycles. The predicted molar refractivity (Wildman–Crippen MR) is 54.4 cm³/mol. The van der Waals surface area contributed by atoms with Crippen LogP contribution in [0.4, 0.5) is 18.9 Å².